The van der Waals surface area contributed by atoms with E-state index in [1.807, 2.05) is 13.8 Å². The standard InChI is InChI=1S/C9H14N2O/c1-6(2)8(5-10)4-9(11)7(3)12/h4-5,10H,11H2,1-3H3/b9-4-,10-5?. The number of allylic oxidation sites excluding steroid dienone is 4. The first-order chi connectivity index (χ1) is 5.49. The normalized spacial score (nSPS) is 10.8. The number of ketones is 1. The number of nitrogens with one attached hydrogen (secondary N) is 1. The second-order valence-electron chi connectivity index (χ2n) is 2.76. The van der Waals surface area contributed by atoms with Crippen LogP contribution in [0.3, 0.4) is 0 Å². The zero-order valence-corrected chi connectivity index (χ0v) is 7.64. The molecule has 3 nitrogen and oxygen atoms in total. The van der Waals surface area contributed by atoms with Crippen molar-refractivity contribution in [1.82, 2.24) is 0 Å². The topological polar surface area (TPSA) is 66.9 Å². The lowest BCUT2D eigenvalue weighted by Gasteiger charge is -1.98. The smallest absolute Gasteiger partial charge is 0.175 e. The van der Waals surface area contributed by atoms with Crippen molar-refractivity contribution in [2.75, 3.05) is 0 Å². The summed E-state index contributed by atoms with van der Waals surface area (Å²) >= 11 is 0. The maximum absolute atomic E-state index is 10.7. The molecule has 0 atom stereocenters. The Morgan fingerprint density at radius 2 is 1.83 bits per heavy atom. The van der Waals surface area contributed by atoms with E-state index in [0.717, 1.165) is 5.57 Å². The molecule has 3 N–H and O–H groups in total. The summed E-state index contributed by atoms with van der Waals surface area (Å²) in [7, 11) is 0. The van der Waals surface area contributed by atoms with Crippen LogP contribution in [0.15, 0.2) is 22.9 Å². The molecule has 0 saturated heterocycles. The number of carbonyl (C=O) groups excluding carboxylic acids is 1. The zero-order chi connectivity index (χ0) is 9.72. The summed E-state index contributed by atoms with van der Waals surface area (Å²) in [6.45, 7) is 5.13. The Morgan fingerprint density at radius 1 is 1.33 bits per heavy atom. The molecule has 12 heavy (non-hydrogen) atoms. The average molecular weight is 166 g/mol. The summed E-state index contributed by atoms with van der Waals surface area (Å²) < 4.78 is 0. The maximum atomic E-state index is 10.7. The Bertz CT molecular complexity index is 258. The molecule has 0 aliphatic heterocycles. The van der Waals surface area contributed by atoms with E-state index in [0.29, 0.717) is 5.57 Å². The van der Waals surface area contributed by atoms with Gasteiger partial charge in [0.05, 0.1) is 5.70 Å². The number of hydrogen-bond acceptors (Lipinski definition) is 3. The van der Waals surface area contributed by atoms with E-state index in [2.05, 4.69) is 0 Å². The van der Waals surface area contributed by atoms with Gasteiger partial charge in [-0.15, -0.1) is 0 Å². The van der Waals surface area contributed by atoms with Crippen LogP contribution in [-0.4, -0.2) is 12.0 Å². The average Bonchev–Trinajstić information content (AvgIpc) is 1.98. The van der Waals surface area contributed by atoms with Crippen LogP contribution in [0.2, 0.25) is 0 Å². The molecule has 3 heteroatoms. The van der Waals surface area contributed by atoms with Gasteiger partial charge in [0.25, 0.3) is 0 Å². The van der Waals surface area contributed by atoms with Crippen molar-refractivity contribution >= 4 is 12.0 Å². The Hall–Kier alpha value is -1.38. The van der Waals surface area contributed by atoms with E-state index < -0.39 is 0 Å². The van der Waals surface area contributed by atoms with E-state index in [9.17, 15) is 4.79 Å². The van der Waals surface area contributed by atoms with Crippen LogP contribution >= 0.6 is 0 Å². The second kappa shape index (κ2) is 4.49. The molecular weight excluding hydrogens is 152 g/mol. The van der Waals surface area contributed by atoms with Crippen molar-refractivity contribution in [2.45, 2.75) is 20.8 Å². The number of hydrogen-bond donors (Lipinski definition) is 2. The monoisotopic (exact) mass is 166 g/mol. The second-order valence-corrected chi connectivity index (χ2v) is 2.76. The quantitative estimate of drug-likeness (QED) is 0.378. The van der Waals surface area contributed by atoms with Crippen LogP contribution in [0.4, 0.5) is 0 Å². The number of carbonyl (C=O) groups is 1. The molecule has 0 heterocycles. The minimum absolute atomic E-state index is 0.171. The minimum Gasteiger partial charge on any atom is -0.396 e. The summed E-state index contributed by atoms with van der Waals surface area (Å²) in [5.41, 5.74) is 7.24. The molecule has 0 saturated carbocycles. The summed E-state index contributed by atoms with van der Waals surface area (Å²) in [4.78, 5) is 10.7. The maximum Gasteiger partial charge on any atom is 0.175 e. The zero-order valence-electron chi connectivity index (χ0n) is 7.64. The number of rotatable bonds is 3. The molecule has 0 unspecified atom stereocenters. The lowest BCUT2D eigenvalue weighted by molar-refractivity contribution is -0.113. The highest BCUT2D eigenvalue weighted by molar-refractivity contribution is 5.95. The van der Waals surface area contributed by atoms with Gasteiger partial charge in [0.15, 0.2) is 5.78 Å². The number of Topliss-reactive ketones (excluding diaryl/α,β-unsaturated/α-hetero) is 1. The number of nitrogens with two attached hydrogens (primary N) is 1. The summed E-state index contributed by atoms with van der Waals surface area (Å²) in [6.07, 6.45) is 2.70. The van der Waals surface area contributed by atoms with Crippen molar-refractivity contribution in [3.63, 3.8) is 0 Å². The Kier molecular flexibility index (Phi) is 3.97. The molecule has 0 fully saturated rings. The molecule has 0 rings (SSSR count). The predicted molar refractivity (Wildman–Crippen MR) is 50.1 cm³/mol. The van der Waals surface area contributed by atoms with Gasteiger partial charge in [0.2, 0.25) is 0 Å². The molecular formula is C9H14N2O. The third-order valence-corrected chi connectivity index (χ3v) is 1.45. The third-order valence-electron chi connectivity index (χ3n) is 1.45. The van der Waals surface area contributed by atoms with E-state index in [4.69, 9.17) is 11.1 Å². The molecule has 0 bridgehead atoms. The van der Waals surface area contributed by atoms with Crippen molar-refractivity contribution in [2.24, 2.45) is 5.73 Å². The summed E-state index contributed by atoms with van der Waals surface area (Å²) in [5.74, 6) is -0.171. The van der Waals surface area contributed by atoms with E-state index in [1.54, 1.807) is 0 Å². The highest BCUT2D eigenvalue weighted by Gasteiger charge is 1.98. The molecule has 0 aromatic rings. The fraction of sp³-hybridized carbons (Fsp3) is 0.333. The van der Waals surface area contributed by atoms with E-state index in [-0.39, 0.29) is 11.5 Å². The lowest BCUT2D eigenvalue weighted by atomic mass is 10.1. The lowest BCUT2D eigenvalue weighted by Crippen LogP contribution is -2.07. The first-order valence-electron chi connectivity index (χ1n) is 3.65. The highest BCUT2D eigenvalue weighted by atomic mass is 16.1. The van der Waals surface area contributed by atoms with Crippen molar-refractivity contribution < 1.29 is 4.79 Å². The highest BCUT2D eigenvalue weighted by Crippen LogP contribution is 2.03. The van der Waals surface area contributed by atoms with Crippen LogP contribution in [0.5, 0.6) is 0 Å². The third kappa shape index (κ3) is 3.14. The van der Waals surface area contributed by atoms with Crippen LogP contribution in [0.25, 0.3) is 0 Å². The fourth-order valence-electron chi connectivity index (χ4n) is 0.600. The van der Waals surface area contributed by atoms with Crippen LogP contribution in [-0.2, 0) is 4.79 Å². The van der Waals surface area contributed by atoms with Crippen molar-refractivity contribution in [1.29, 1.82) is 5.41 Å². The molecule has 66 valence electrons. The van der Waals surface area contributed by atoms with Gasteiger partial charge in [-0.25, -0.2) is 0 Å². The SMILES string of the molecule is CC(=O)/C(N)=C/C(C=N)=C(C)C. The Morgan fingerprint density at radius 3 is 2.08 bits per heavy atom. The first kappa shape index (κ1) is 10.6. The predicted octanol–water partition coefficient (Wildman–Crippen LogP) is 1.40. The molecule has 0 spiro atoms. The van der Waals surface area contributed by atoms with Gasteiger partial charge in [-0.3, -0.25) is 4.79 Å². The van der Waals surface area contributed by atoms with E-state index in [1.165, 1.54) is 19.2 Å². The molecule has 0 aliphatic carbocycles. The van der Waals surface area contributed by atoms with Gasteiger partial charge < -0.3 is 11.1 Å². The van der Waals surface area contributed by atoms with Gasteiger partial charge in [-0.2, -0.15) is 0 Å². The van der Waals surface area contributed by atoms with Gasteiger partial charge >= 0.3 is 0 Å². The Balaban J connectivity index is 4.84. The van der Waals surface area contributed by atoms with Gasteiger partial charge in [0.1, 0.15) is 0 Å². The molecule has 0 aromatic heterocycles. The summed E-state index contributed by atoms with van der Waals surface area (Å²) in [6, 6.07) is 0. The Labute approximate surface area is 72.5 Å². The van der Waals surface area contributed by atoms with Gasteiger partial charge in [-0.1, -0.05) is 5.57 Å². The molecule has 0 aromatic carbocycles. The van der Waals surface area contributed by atoms with Gasteiger partial charge in [-0.05, 0) is 25.5 Å². The van der Waals surface area contributed by atoms with Crippen LogP contribution < -0.4 is 5.73 Å². The van der Waals surface area contributed by atoms with E-state index >= 15 is 0 Å². The largest absolute Gasteiger partial charge is 0.396 e. The van der Waals surface area contributed by atoms with Crippen molar-refractivity contribution in [3.8, 4) is 0 Å². The van der Waals surface area contributed by atoms with Crippen molar-refractivity contribution in [3.05, 3.63) is 22.9 Å². The fourth-order valence-corrected chi connectivity index (χ4v) is 0.600. The molecule has 0 aliphatic rings. The van der Waals surface area contributed by atoms with Crippen LogP contribution in [0, 0.1) is 5.41 Å². The molecule has 0 radical (unpaired) electrons. The summed E-state index contributed by atoms with van der Waals surface area (Å²) in [5, 5.41) is 7.03. The van der Waals surface area contributed by atoms with Crippen LogP contribution in [0.1, 0.15) is 20.8 Å². The van der Waals surface area contributed by atoms with Gasteiger partial charge in [0, 0.05) is 13.1 Å². The molecule has 0 amide bonds. The first-order valence-corrected chi connectivity index (χ1v) is 3.65. The minimum atomic E-state index is -0.171.